The second kappa shape index (κ2) is 7.02. The molecular formula is C11H14N6O3S. The number of nitrogens with two attached hydrogens (primary N) is 1. The largest absolute Gasteiger partial charge is 0.508 e. The zero-order valence-electron chi connectivity index (χ0n) is 11.1. The molecule has 0 bridgehead atoms. The van der Waals surface area contributed by atoms with Gasteiger partial charge in [-0.1, -0.05) is 11.8 Å². The van der Waals surface area contributed by atoms with Crippen molar-refractivity contribution >= 4 is 17.7 Å². The molecule has 0 aliphatic rings. The van der Waals surface area contributed by atoms with Gasteiger partial charge in [0.25, 0.3) is 0 Å². The number of tetrazole rings is 1. The lowest BCUT2D eigenvalue weighted by Crippen LogP contribution is -2.39. The highest BCUT2D eigenvalue weighted by Gasteiger charge is 2.22. The molecule has 0 saturated carbocycles. The number of hydrazine groups is 1. The van der Waals surface area contributed by atoms with E-state index in [1.54, 1.807) is 12.1 Å². The van der Waals surface area contributed by atoms with E-state index < -0.39 is 5.25 Å². The molecule has 2 rings (SSSR count). The molecular weight excluding hydrogens is 296 g/mol. The fourth-order valence-electron chi connectivity index (χ4n) is 1.54. The monoisotopic (exact) mass is 310 g/mol. The van der Waals surface area contributed by atoms with Crippen molar-refractivity contribution in [2.45, 2.75) is 10.4 Å². The number of carbonyl (C=O) groups is 1. The minimum atomic E-state index is -0.582. The van der Waals surface area contributed by atoms with Gasteiger partial charge in [-0.05, 0) is 34.7 Å². The number of thioether (sulfide) groups is 1. The third kappa shape index (κ3) is 3.68. The predicted molar refractivity (Wildman–Crippen MR) is 74.7 cm³/mol. The first-order chi connectivity index (χ1) is 10.2. The quantitative estimate of drug-likeness (QED) is 0.281. The van der Waals surface area contributed by atoms with Gasteiger partial charge in [-0.25, -0.2) is 5.84 Å². The topological polar surface area (TPSA) is 128 Å². The van der Waals surface area contributed by atoms with Crippen LogP contribution in [0.25, 0.3) is 5.69 Å². The van der Waals surface area contributed by atoms with Crippen molar-refractivity contribution in [3.05, 3.63) is 24.3 Å². The molecule has 0 spiro atoms. The van der Waals surface area contributed by atoms with Crippen molar-refractivity contribution in [1.29, 1.82) is 0 Å². The first kappa shape index (κ1) is 15.2. The van der Waals surface area contributed by atoms with Crippen LogP contribution in [-0.4, -0.2) is 50.2 Å². The number of amides is 1. The molecule has 112 valence electrons. The van der Waals surface area contributed by atoms with Crippen LogP contribution < -0.4 is 11.3 Å². The SMILES string of the molecule is COCC(Sc1nnnn1-c1ccc(O)cc1)C(=O)NN. The van der Waals surface area contributed by atoms with Crippen molar-refractivity contribution in [3.8, 4) is 11.4 Å². The fourth-order valence-corrected chi connectivity index (χ4v) is 2.50. The van der Waals surface area contributed by atoms with Gasteiger partial charge in [0.05, 0.1) is 12.3 Å². The van der Waals surface area contributed by atoms with Crippen LogP contribution >= 0.6 is 11.8 Å². The number of nitrogens with zero attached hydrogens (tertiary/aromatic N) is 4. The Labute approximate surface area is 124 Å². The van der Waals surface area contributed by atoms with Gasteiger partial charge in [-0.3, -0.25) is 10.2 Å². The normalized spacial score (nSPS) is 12.1. The summed E-state index contributed by atoms with van der Waals surface area (Å²) >= 11 is 1.13. The molecule has 1 atom stereocenters. The Balaban J connectivity index is 2.23. The van der Waals surface area contributed by atoms with Crippen LogP contribution in [0.1, 0.15) is 0 Å². The Morgan fingerprint density at radius 2 is 2.24 bits per heavy atom. The first-order valence-corrected chi connectivity index (χ1v) is 6.77. The van der Waals surface area contributed by atoms with Crippen LogP contribution in [0.15, 0.2) is 29.4 Å². The van der Waals surface area contributed by atoms with Crippen LogP contribution in [0.5, 0.6) is 5.75 Å². The van der Waals surface area contributed by atoms with E-state index in [-0.39, 0.29) is 18.3 Å². The smallest absolute Gasteiger partial charge is 0.249 e. The van der Waals surface area contributed by atoms with Crippen LogP contribution in [0, 0.1) is 0 Å². The second-order valence-corrected chi connectivity index (χ2v) is 5.13. The minimum absolute atomic E-state index is 0.140. The van der Waals surface area contributed by atoms with E-state index in [1.165, 1.54) is 23.9 Å². The molecule has 9 nitrogen and oxygen atoms in total. The molecule has 1 amide bonds. The highest BCUT2D eigenvalue weighted by atomic mass is 32.2. The molecule has 1 aromatic carbocycles. The summed E-state index contributed by atoms with van der Waals surface area (Å²) in [6, 6.07) is 6.35. The van der Waals surface area contributed by atoms with E-state index in [4.69, 9.17) is 10.6 Å². The third-order valence-corrected chi connectivity index (χ3v) is 3.64. The van der Waals surface area contributed by atoms with Crippen molar-refractivity contribution in [3.63, 3.8) is 0 Å². The molecule has 21 heavy (non-hydrogen) atoms. The summed E-state index contributed by atoms with van der Waals surface area (Å²) in [6.45, 7) is 0.163. The lowest BCUT2D eigenvalue weighted by molar-refractivity contribution is -0.121. The number of benzene rings is 1. The molecule has 2 aromatic rings. The number of methoxy groups -OCH3 is 1. The number of ether oxygens (including phenoxy) is 1. The number of carbonyl (C=O) groups excluding carboxylic acids is 1. The summed E-state index contributed by atoms with van der Waals surface area (Å²) in [5, 5.41) is 20.5. The Hall–Kier alpha value is -2.17. The Kier molecular flexibility index (Phi) is 5.09. The maximum atomic E-state index is 11.7. The van der Waals surface area contributed by atoms with Gasteiger partial charge in [-0.2, -0.15) is 4.68 Å². The predicted octanol–water partition coefficient (Wildman–Crippen LogP) is -0.535. The minimum Gasteiger partial charge on any atom is -0.508 e. The van der Waals surface area contributed by atoms with Gasteiger partial charge in [0.1, 0.15) is 11.0 Å². The Morgan fingerprint density at radius 3 is 2.86 bits per heavy atom. The fraction of sp³-hybridized carbons (Fsp3) is 0.273. The summed E-state index contributed by atoms with van der Waals surface area (Å²) in [4.78, 5) is 11.7. The van der Waals surface area contributed by atoms with E-state index >= 15 is 0 Å². The zero-order chi connectivity index (χ0) is 15.2. The Morgan fingerprint density at radius 1 is 1.52 bits per heavy atom. The number of hydrogen-bond acceptors (Lipinski definition) is 8. The Bertz CT molecular complexity index is 602. The molecule has 0 aliphatic carbocycles. The number of nitrogens with one attached hydrogen (secondary N) is 1. The first-order valence-electron chi connectivity index (χ1n) is 5.89. The number of rotatable bonds is 6. The lowest BCUT2D eigenvalue weighted by atomic mass is 10.3. The van der Waals surface area contributed by atoms with Gasteiger partial charge in [0, 0.05) is 7.11 Å². The van der Waals surface area contributed by atoms with E-state index in [2.05, 4.69) is 21.0 Å². The van der Waals surface area contributed by atoms with Crippen molar-refractivity contribution in [1.82, 2.24) is 25.6 Å². The van der Waals surface area contributed by atoms with Crippen molar-refractivity contribution < 1.29 is 14.6 Å². The van der Waals surface area contributed by atoms with E-state index in [1.807, 2.05) is 0 Å². The lowest BCUT2D eigenvalue weighted by Gasteiger charge is -2.13. The standard InChI is InChI=1S/C11H14N6O3S/c1-20-6-9(10(19)13-12)21-11-14-15-16-17(11)7-2-4-8(18)5-3-7/h2-5,9,18H,6,12H2,1H3,(H,13,19). The maximum absolute atomic E-state index is 11.7. The van der Waals surface area contributed by atoms with E-state index in [0.717, 1.165) is 11.8 Å². The average molecular weight is 310 g/mol. The van der Waals surface area contributed by atoms with Gasteiger partial charge < -0.3 is 9.84 Å². The number of phenols is 1. The number of aromatic nitrogens is 4. The van der Waals surface area contributed by atoms with Gasteiger partial charge in [-0.15, -0.1) is 5.10 Å². The summed E-state index contributed by atoms with van der Waals surface area (Å²) in [5.41, 5.74) is 2.74. The van der Waals surface area contributed by atoms with Gasteiger partial charge in [0.15, 0.2) is 0 Å². The second-order valence-electron chi connectivity index (χ2n) is 3.96. The molecule has 1 unspecified atom stereocenters. The number of aromatic hydroxyl groups is 1. The third-order valence-electron chi connectivity index (χ3n) is 2.54. The molecule has 1 heterocycles. The zero-order valence-corrected chi connectivity index (χ0v) is 11.9. The van der Waals surface area contributed by atoms with Gasteiger partial charge >= 0.3 is 0 Å². The van der Waals surface area contributed by atoms with Crippen LogP contribution in [0.3, 0.4) is 0 Å². The van der Waals surface area contributed by atoms with E-state index in [0.29, 0.717) is 10.8 Å². The van der Waals surface area contributed by atoms with Crippen LogP contribution in [0.2, 0.25) is 0 Å². The summed E-state index contributed by atoms with van der Waals surface area (Å²) in [7, 11) is 1.49. The molecule has 0 saturated heterocycles. The summed E-state index contributed by atoms with van der Waals surface area (Å²) in [5.74, 6) is 4.90. The summed E-state index contributed by atoms with van der Waals surface area (Å²) < 4.78 is 6.44. The molecule has 4 N–H and O–H groups in total. The highest BCUT2D eigenvalue weighted by molar-refractivity contribution is 8.00. The number of phenolic OH excluding ortho intramolecular Hbond substituents is 1. The molecule has 10 heteroatoms. The van der Waals surface area contributed by atoms with Crippen molar-refractivity contribution in [2.24, 2.45) is 5.84 Å². The van der Waals surface area contributed by atoms with Crippen LogP contribution in [-0.2, 0) is 9.53 Å². The van der Waals surface area contributed by atoms with Gasteiger partial charge in [0.2, 0.25) is 11.1 Å². The molecule has 0 radical (unpaired) electrons. The highest BCUT2D eigenvalue weighted by Crippen LogP contribution is 2.24. The molecule has 0 fully saturated rings. The van der Waals surface area contributed by atoms with Crippen LogP contribution in [0.4, 0.5) is 0 Å². The van der Waals surface area contributed by atoms with Crippen molar-refractivity contribution in [2.75, 3.05) is 13.7 Å². The molecule has 0 aliphatic heterocycles. The average Bonchev–Trinajstić information content (AvgIpc) is 2.95. The summed E-state index contributed by atoms with van der Waals surface area (Å²) in [6.07, 6.45) is 0. The maximum Gasteiger partial charge on any atom is 0.249 e. The molecule has 1 aromatic heterocycles. The number of hydrogen-bond donors (Lipinski definition) is 3. The van der Waals surface area contributed by atoms with E-state index in [9.17, 15) is 9.90 Å².